The first-order chi connectivity index (χ1) is 12.5. The Morgan fingerprint density at radius 2 is 1.85 bits per heavy atom. The van der Waals surface area contributed by atoms with Crippen molar-refractivity contribution in [2.45, 2.75) is 26.7 Å². The van der Waals surface area contributed by atoms with Crippen LogP contribution in [0, 0.1) is 11.3 Å². The van der Waals surface area contributed by atoms with Crippen molar-refractivity contribution in [3.63, 3.8) is 0 Å². The molecule has 0 radical (unpaired) electrons. The van der Waals surface area contributed by atoms with Gasteiger partial charge in [-0.05, 0) is 42.7 Å². The van der Waals surface area contributed by atoms with E-state index in [1.165, 1.54) is 7.11 Å². The highest BCUT2D eigenvalue weighted by molar-refractivity contribution is 6.19. The van der Waals surface area contributed by atoms with Crippen LogP contribution in [0.1, 0.15) is 32.3 Å². The molecule has 6 nitrogen and oxygen atoms in total. The molecule has 0 atom stereocenters. The van der Waals surface area contributed by atoms with Gasteiger partial charge in [-0.3, -0.25) is 14.5 Å². The van der Waals surface area contributed by atoms with E-state index in [1.54, 1.807) is 38.3 Å². The molecule has 0 bridgehead atoms. The van der Waals surface area contributed by atoms with Crippen LogP contribution in [0.25, 0.3) is 6.08 Å². The molecule has 2 amide bonds. The van der Waals surface area contributed by atoms with Crippen LogP contribution >= 0.6 is 0 Å². The number of ether oxygens (including phenoxy) is 2. The molecule has 0 saturated heterocycles. The van der Waals surface area contributed by atoms with E-state index in [1.807, 2.05) is 13.0 Å². The van der Waals surface area contributed by atoms with Gasteiger partial charge >= 0.3 is 0 Å². The van der Waals surface area contributed by atoms with Crippen molar-refractivity contribution in [2.75, 3.05) is 20.8 Å². The van der Waals surface area contributed by atoms with Gasteiger partial charge in [-0.25, -0.2) is 0 Å². The standard InChI is InChI=1S/C20H22N2O4/c1-5-6-9-22-19(23)15(13(2)16(12-21)20(22)24)10-14-7-8-17(25-3)18(11-14)26-4/h7-8,10-11H,5-6,9H2,1-4H3/b15-10-. The fraction of sp³-hybridized carbons (Fsp3) is 0.350. The summed E-state index contributed by atoms with van der Waals surface area (Å²) in [6.45, 7) is 3.90. The number of amides is 2. The Bertz CT molecular complexity index is 831. The third-order valence-corrected chi connectivity index (χ3v) is 4.28. The summed E-state index contributed by atoms with van der Waals surface area (Å²) in [6, 6.07) is 7.20. The van der Waals surface area contributed by atoms with Crippen molar-refractivity contribution < 1.29 is 19.1 Å². The highest BCUT2D eigenvalue weighted by atomic mass is 16.5. The molecule has 0 fully saturated rings. The zero-order valence-corrected chi connectivity index (χ0v) is 15.5. The number of nitrogens with zero attached hydrogens (tertiary/aromatic N) is 2. The van der Waals surface area contributed by atoms with Crippen molar-refractivity contribution in [2.24, 2.45) is 0 Å². The third kappa shape index (κ3) is 3.62. The second kappa shape index (κ2) is 8.34. The largest absolute Gasteiger partial charge is 0.493 e. The van der Waals surface area contributed by atoms with Crippen LogP contribution in [-0.2, 0) is 9.59 Å². The topological polar surface area (TPSA) is 79.6 Å². The highest BCUT2D eigenvalue weighted by Gasteiger charge is 2.34. The van der Waals surface area contributed by atoms with Gasteiger partial charge in [0.05, 0.1) is 14.2 Å². The van der Waals surface area contributed by atoms with Crippen molar-refractivity contribution in [3.05, 3.63) is 40.5 Å². The Hall–Kier alpha value is -3.07. The maximum atomic E-state index is 12.8. The minimum Gasteiger partial charge on any atom is -0.493 e. The van der Waals surface area contributed by atoms with E-state index in [2.05, 4.69) is 0 Å². The molecule has 26 heavy (non-hydrogen) atoms. The molecule has 1 aromatic rings. The maximum Gasteiger partial charge on any atom is 0.271 e. The summed E-state index contributed by atoms with van der Waals surface area (Å²) < 4.78 is 10.5. The predicted octanol–water partition coefficient (Wildman–Crippen LogP) is 3.10. The van der Waals surface area contributed by atoms with Gasteiger partial charge in [-0.1, -0.05) is 19.4 Å². The molecular weight excluding hydrogens is 332 g/mol. The lowest BCUT2D eigenvalue weighted by Crippen LogP contribution is -2.43. The number of rotatable bonds is 6. The number of methoxy groups -OCH3 is 2. The van der Waals surface area contributed by atoms with E-state index >= 15 is 0 Å². The van der Waals surface area contributed by atoms with Crippen LogP contribution in [-0.4, -0.2) is 37.5 Å². The minimum atomic E-state index is -0.520. The lowest BCUT2D eigenvalue weighted by Gasteiger charge is -2.27. The summed E-state index contributed by atoms with van der Waals surface area (Å²) in [6.07, 6.45) is 3.21. The van der Waals surface area contributed by atoms with Gasteiger partial charge in [0.2, 0.25) is 0 Å². The molecule has 0 unspecified atom stereocenters. The molecule has 6 heteroatoms. The number of carbonyl (C=O) groups is 2. The molecule has 0 N–H and O–H groups in total. The first-order valence-corrected chi connectivity index (χ1v) is 8.39. The van der Waals surface area contributed by atoms with Crippen LogP contribution in [0.3, 0.4) is 0 Å². The summed E-state index contributed by atoms with van der Waals surface area (Å²) in [5.74, 6) is 0.211. The highest BCUT2D eigenvalue weighted by Crippen LogP contribution is 2.31. The summed E-state index contributed by atoms with van der Waals surface area (Å²) in [5.41, 5.74) is 1.45. The van der Waals surface area contributed by atoms with Crippen molar-refractivity contribution >= 4 is 17.9 Å². The van der Waals surface area contributed by atoms with Crippen LogP contribution in [0.15, 0.2) is 34.9 Å². The summed E-state index contributed by atoms with van der Waals surface area (Å²) in [4.78, 5) is 26.4. The van der Waals surface area contributed by atoms with Gasteiger partial charge < -0.3 is 9.47 Å². The monoisotopic (exact) mass is 354 g/mol. The normalized spacial score (nSPS) is 16.1. The molecule has 136 valence electrons. The molecule has 1 aliphatic rings. The quantitative estimate of drug-likeness (QED) is 0.579. The molecule has 0 aromatic heterocycles. The molecule has 2 rings (SSSR count). The Labute approximate surface area is 153 Å². The van der Waals surface area contributed by atoms with Crippen molar-refractivity contribution in [1.29, 1.82) is 5.26 Å². The van der Waals surface area contributed by atoms with Crippen LogP contribution < -0.4 is 9.47 Å². The first kappa shape index (κ1) is 19.3. The number of hydrogen-bond donors (Lipinski definition) is 0. The molecule has 1 aliphatic heterocycles. The van der Waals surface area contributed by atoms with E-state index in [4.69, 9.17) is 9.47 Å². The number of unbranched alkanes of at least 4 members (excludes halogenated alkanes) is 1. The van der Waals surface area contributed by atoms with Crippen LogP contribution in [0.2, 0.25) is 0 Å². The average Bonchev–Trinajstić information content (AvgIpc) is 2.65. The molecule has 1 heterocycles. The van der Waals surface area contributed by atoms with Gasteiger partial charge in [-0.2, -0.15) is 5.26 Å². The lowest BCUT2D eigenvalue weighted by molar-refractivity contribution is -0.140. The van der Waals surface area contributed by atoms with Gasteiger partial charge in [0, 0.05) is 12.1 Å². The Morgan fingerprint density at radius 3 is 2.42 bits per heavy atom. The zero-order chi connectivity index (χ0) is 19.3. The summed E-state index contributed by atoms with van der Waals surface area (Å²) in [7, 11) is 3.08. The molecule has 0 saturated carbocycles. The van der Waals surface area contributed by atoms with Gasteiger partial charge in [0.15, 0.2) is 11.5 Å². The summed E-state index contributed by atoms with van der Waals surface area (Å²) in [5, 5.41) is 9.37. The van der Waals surface area contributed by atoms with Crippen molar-refractivity contribution in [3.8, 4) is 17.6 Å². The average molecular weight is 354 g/mol. The smallest absolute Gasteiger partial charge is 0.271 e. The number of imide groups is 1. The van der Waals surface area contributed by atoms with Crippen LogP contribution in [0.5, 0.6) is 11.5 Å². The van der Waals surface area contributed by atoms with Crippen molar-refractivity contribution in [1.82, 2.24) is 4.90 Å². The number of carbonyl (C=O) groups excluding carboxylic acids is 2. The molecule has 0 aliphatic carbocycles. The van der Waals surface area contributed by atoms with Gasteiger partial charge in [0.1, 0.15) is 11.6 Å². The van der Waals surface area contributed by atoms with Gasteiger partial charge in [-0.15, -0.1) is 0 Å². The van der Waals surface area contributed by atoms with Gasteiger partial charge in [0.25, 0.3) is 11.8 Å². The maximum absolute atomic E-state index is 12.8. The van der Waals surface area contributed by atoms with E-state index in [0.717, 1.165) is 11.3 Å². The minimum absolute atomic E-state index is 0.00688. The van der Waals surface area contributed by atoms with E-state index in [9.17, 15) is 14.9 Å². The second-order valence-electron chi connectivity index (χ2n) is 5.90. The fourth-order valence-corrected chi connectivity index (χ4v) is 2.76. The number of hydrogen-bond acceptors (Lipinski definition) is 5. The Morgan fingerprint density at radius 1 is 1.15 bits per heavy atom. The first-order valence-electron chi connectivity index (χ1n) is 8.39. The molecule has 1 aromatic carbocycles. The SMILES string of the molecule is CCCCN1C(=O)C(C#N)=C(C)/C(=C/c2ccc(OC)c(OC)c2)C1=O. The van der Waals surface area contributed by atoms with E-state index < -0.39 is 5.91 Å². The number of nitriles is 1. The number of benzene rings is 1. The molecular formula is C20H22N2O4. The molecule has 0 spiro atoms. The lowest BCUT2D eigenvalue weighted by atomic mass is 9.93. The second-order valence-corrected chi connectivity index (χ2v) is 5.90. The third-order valence-electron chi connectivity index (χ3n) is 4.28. The fourth-order valence-electron chi connectivity index (χ4n) is 2.76. The Balaban J connectivity index is 2.53. The Kier molecular flexibility index (Phi) is 6.18. The van der Waals surface area contributed by atoms with Crippen LogP contribution in [0.4, 0.5) is 0 Å². The summed E-state index contributed by atoms with van der Waals surface area (Å²) >= 11 is 0. The predicted molar refractivity (Wildman–Crippen MR) is 97.5 cm³/mol. The van der Waals surface area contributed by atoms with E-state index in [-0.39, 0.29) is 11.5 Å². The zero-order valence-electron chi connectivity index (χ0n) is 15.5. The van der Waals surface area contributed by atoms with E-state index in [0.29, 0.717) is 41.2 Å².